The van der Waals surface area contributed by atoms with Gasteiger partial charge in [-0.2, -0.15) is 0 Å². The van der Waals surface area contributed by atoms with Crippen LogP contribution in [0.4, 0.5) is 0 Å². The zero-order valence-electron chi connectivity index (χ0n) is 11.5. The van der Waals surface area contributed by atoms with Crippen molar-refractivity contribution in [1.82, 2.24) is 4.98 Å². The molecule has 1 aromatic rings. The maximum Gasteiger partial charge on any atom is 0.109 e. The normalized spacial score (nSPS) is 30.1. The summed E-state index contributed by atoms with van der Waals surface area (Å²) in [5, 5.41) is 10.6. The molecule has 0 aliphatic heterocycles. The van der Waals surface area contributed by atoms with Gasteiger partial charge in [-0.05, 0) is 44.1 Å². The van der Waals surface area contributed by atoms with Crippen LogP contribution in [0.2, 0.25) is 0 Å². The first-order chi connectivity index (χ1) is 8.57. The van der Waals surface area contributed by atoms with Gasteiger partial charge < -0.3 is 9.84 Å². The number of pyridine rings is 1. The highest BCUT2D eigenvalue weighted by Crippen LogP contribution is 2.42. The molecule has 18 heavy (non-hydrogen) atoms. The summed E-state index contributed by atoms with van der Waals surface area (Å²) in [5.74, 6) is 0.733. The van der Waals surface area contributed by atoms with E-state index >= 15 is 0 Å². The van der Waals surface area contributed by atoms with Crippen molar-refractivity contribution in [2.45, 2.75) is 51.2 Å². The van der Waals surface area contributed by atoms with Crippen LogP contribution in [-0.4, -0.2) is 22.8 Å². The van der Waals surface area contributed by atoms with Gasteiger partial charge in [0.1, 0.15) is 6.10 Å². The zero-order chi connectivity index (χ0) is 13.2. The molecule has 3 heteroatoms. The first kappa shape index (κ1) is 13.5. The van der Waals surface area contributed by atoms with E-state index in [2.05, 4.69) is 11.9 Å². The van der Waals surface area contributed by atoms with E-state index in [1.807, 2.05) is 13.0 Å². The van der Waals surface area contributed by atoms with Crippen molar-refractivity contribution in [3.05, 3.63) is 29.6 Å². The van der Waals surface area contributed by atoms with Gasteiger partial charge in [0.15, 0.2) is 0 Å². The summed E-state index contributed by atoms with van der Waals surface area (Å²) in [6, 6.07) is 2.00. The molecular formula is C15H23NO2. The molecule has 1 aromatic heterocycles. The van der Waals surface area contributed by atoms with Crippen LogP contribution in [0.15, 0.2) is 18.5 Å². The van der Waals surface area contributed by atoms with Crippen molar-refractivity contribution in [3.8, 4) is 0 Å². The molecule has 1 heterocycles. The van der Waals surface area contributed by atoms with Crippen LogP contribution in [0.5, 0.6) is 0 Å². The van der Waals surface area contributed by atoms with E-state index in [4.69, 9.17) is 4.74 Å². The second kappa shape index (κ2) is 5.37. The van der Waals surface area contributed by atoms with Crippen LogP contribution in [0.3, 0.4) is 0 Å². The van der Waals surface area contributed by atoms with Crippen molar-refractivity contribution < 1.29 is 9.84 Å². The number of methoxy groups -OCH3 is 1. The molecule has 0 bridgehead atoms. The van der Waals surface area contributed by atoms with E-state index in [9.17, 15) is 5.11 Å². The highest BCUT2D eigenvalue weighted by Gasteiger charge is 2.41. The van der Waals surface area contributed by atoms with Crippen LogP contribution in [0.1, 0.15) is 49.8 Å². The average Bonchev–Trinajstić information content (AvgIpc) is 2.39. The monoisotopic (exact) mass is 249 g/mol. The highest BCUT2D eigenvalue weighted by molar-refractivity contribution is 5.22. The minimum atomic E-state index is -0.581. The molecule has 1 aliphatic rings. The number of rotatable bonds is 3. The molecule has 0 radical (unpaired) electrons. The van der Waals surface area contributed by atoms with E-state index in [1.54, 1.807) is 19.5 Å². The lowest BCUT2D eigenvalue weighted by Gasteiger charge is -2.41. The van der Waals surface area contributed by atoms with Gasteiger partial charge in [-0.3, -0.25) is 4.98 Å². The Morgan fingerprint density at radius 2 is 2.06 bits per heavy atom. The van der Waals surface area contributed by atoms with Crippen molar-refractivity contribution >= 4 is 0 Å². The van der Waals surface area contributed by atoms with E-state index in [0.29, 0.717) is 0 Å². The SMILES string of the molecule is COC1(C(O)c2cncc(C)c2)CCC(C)CC1. The summed E-state index contributed by atoms with van der Waals surface area (Å²) in [6.07, 6.45) is 7.03. The molecule has 100 valence electrons. The molecule has 0 spiro atoms. The maximum atomic E-state index is 10.6. The minimum absolute atomic E-state index is 0.429. The first-order valence-electron chi connectivity index (χ1n) is 6.72. The van der Waals surface area contributed by atoms with Gasteiger partial charge in [-0.15, -0.1) is 0 Å². The lowest BCUT2D eigenvalue weighted by Crippen LogP contribution is -2.42. The second-order valence-corrected chi connectivity index (χ2v) is 5.65. The Morgan fingerprint density at radius 1 is 1.39 bits per heavy atom. The smallest absolute Gasteiger partial charge is 0.109 e. The van der Waals surface area contributed by atoms with Crippen LogP contribution in [0.25, 0.3) is 0 Å². The van der Waals surface area contributed by atoms with Crippen molar-refractivity contribution in [2.75, 3.05) is 7.11 Å². The van der Waals surface area contributed by atoms with Gasteiger partial charge in [-0.25, -0.2) is 0 Å². The van der Waals surface area contributed by atoms with Gasteiger partial charge in [0, 0.05) is 25.1 Å². The van der Waals surface area contributed by atoms with Gasteiger partial charge in [0.05, 0.1) is 5.60 Å². The summed E-state index contributed by atoms with van der Waals surface area (Å²) >= 11 is 0. The van der Waals surface area contributed by atoms with Gasteiger partial charge in [0.25, 0.3) is 0 Å². The second-order valence-electron chi connectivity index (χ2n) is 5.65. The van der Waals surface area contributed by atoms with Gasteiger partial charge in [0.2, 0.25) is 0 Å². The standard InChI is InChI=1S/C15H23NO2/c1-11-4-6-15(18-3,7-5-11)14(17)13-8-12(2)9-16-10-13/h8-11,14,17H,4-7H2,1-3H3. The lowest BCUT2D eigenvalue weighted by atomic mass is 9.75. The fourth-order valence-corrected chi connectivity index (χ4v) is 2.87. The number of nitrogens with zero attached hydrogens (tertiary/aromatic N) is 1. The van der Waals surface area contributed by atoms with Crippen LogP contribution < -0.4 is 0 Å². The third-order valence-corrected chi connectivity index (χ3v) is 4.24. The number of hydrogen-bond acceptors (Lipinski definition) is 3. The molecule has 3 nitrogen and oxygen atoms in total. The Labute approximate surface area is 109 Å². The maximum absolute atomic E-state index is 10.6. The van der Waals surface area contributed by atoms with Crippen LogP contribution in [-0.2, 0) is 4.74 Å². The highest BCUT2D eigenvalue weighted by atomic mass is 16.5. The quantitative estimate of drug-likeness (QED) is 0.895. The van der Waals surface area contributed by atoms with Crippen molar-refractivity contribution in [3.63, 3.8) is 0 Å². The van der Waals surface area contributed by atoms with E-state index in [0.717, 1.165) is 42.7 Å². The molecule has 1 atom stereocenters. The molecule has 0 aromatic carbocycles. The van der Waals surface area contributed by atoms with E-state index < -0.39 is 11.7 Å². The third kappa shape index (κ3) is 2.57. The predicted octanol–water partition coefficient (Wildman–Crippen LogP) is 3.02. The number of hydrogen-bond donors (Lipinski definition) is 1. The summed E-state index contributed by atoms with van der Waals surface area (Å²) in [5.41, 5.74) is 1.51. The van der Waals surface area contributed by atoms with E-state index in [1.165, 1.54) is 0 Å². The molecule has 1 saturated carbocycles. The van der Waals surface area contributed by atoms with Gasteiger partial charge in [-0.1, -0.05) is 13.0 Å². The fourth-order valence-electron chi connectivity index (χ4n) is 2.87. The lowest BCUT2D eigenvalue weighted by molar-refractivity contribution is -0.130. The average molecular weight is 249 g/mol. The number of ether oxygens (including phenoxy) is 1. The Kier molecular flexibility index (Phi) is 4.03. The molecule has 1 aliphatic carbocycles. The third-order valence-electron chi connectivity index (χ3n) is 4.24. The van der Waals surface area contributed by atoms with Crippen LogP contribution >= 0.6 is 0 Å². The van der Waals surface area contributed by atoms with Crippen LogP contribution in [0, 0.1) is 12.8 Å². The molecule has 0 saturated heterocycles. The Morgan fingerprint density at radius 3 is 2.61 bits per heavy atom. The van der Waals surface area contributed by atoms with Gasteiger partial charge >= 0.3 is 0 Å². The molecular weight excluding hydrogens is 226 g/mol. The summed E-state index contributed by atoms with van der Waals surface area (Å²) in [6.45, 7) is 4.26. The van der Waals surface area contributed by atoms with Crippen molar-refractivity contribution in [1.29, 1.82) is 0 Å². The molecule has 1 N–H and O–H groups in total. The number of aromatic nitrogens is 1. The first-order valence-corrected chi connectivity index (χ1v) is 6.72. The van der Waals surface area contributed by atoms with Crippen molar-refractivity contribution in [2.24, 2.45) is 5.92 Å². The topological polar surface area (TPSA) is 42.4 Å². The Bertz CT molecular complexity index is 397. The minimum Gasteiger partial charge on any atom is -0.385 e. The zero-order valence-corrected chi connectivity index (χ0v) is 11.5. The molecule has 1 fully saturated rings. The largest absolute Gasteiger partial charge is 0.385 e. The number of aryl methyl sites for hydroxylation is 1. The molecule has 0 amide bonds. The summed E-state index contributed by atoms with van der Waals surface area (Å²) in [4.78, 5) is 4.16. The summed E-state index contributed by atoms with van der Waals surface area (Å²) < 4.78 is 5.71. The number of aliphatic hydroxyl groups excluding tert-OH is 1. The Balaban J connectivity index is 2.22. The Hall–Kier alpha value is -0.930. The van der Waals surface area contributed by atoms with E-state index in [-0.39, 0.29) is 0 Å². The molecule has 1 unspecified atom stereocenters. The molecule has 2 rings (SSSR count). The summed E-state index contributed by atoms with van der Waals surface area (Å²) in [7, 11) is 1.71. The number of aliphatic hydroxyl groups is 1. The predicted molar refractivity (Wildman–Crippen MR) is 71.3 cm³/mol. The fraction of sp³-hybridized carbons (Fsp3) is 0.667.